The molecule has 0 saturated heterocycles. The Morgan fingerprint density at radius 1 is 1.44 bits per heavy atom. The van der Waals surface area contributed by atoms with Gasteiger partial charge in [0.05, 0.1) is 23.1 Å². The standard InChI is InChI=1S/C12H8BrF2NO2/c1-2-18-12(17)7-5-16-9-4-6(14)3-8(15)10(9)11(7)13/h3-5H,2H2,1H3. The van der Waals surface area contributed by atoms with E-state index in [4.69, 9.17) is 4.74 Å². The van der Waals surface area contributed by atoms with E-state index in [1.54, 1.807) is 6.92 Å². The number of esters is 1. The third kappa shape index (κ3) is 2.20. The quantitative estimate of drug-likeness (QED) is 0.797. The minimum atomic E-state index is -0.782. The third-order valence-electron chi connectivity index (χ3n) is 2.32. The van der Waals surface area contributed by atoms with Gasteiger partial charge in [-0.1, -0.05) is 0 Å². The van der Waals surface area contributed by atoms with Gasteiger partial charge in [-0.3, -0.25) is 4.98 Å². The number of fused-ring (bicyclic) bond motifs is 1. The molecule has 0 aliphatic rings. The molecular weight excluding hydrogens is 308 g/mol. The van der Waals surface area contributed by atoms with Gasteiger partial charge in [0.2, 0.25) is 0 Å². The van der Waals surface area contributed by atoms with Gasteiger partial charge < -0.3 is 4.74 Å². The topological polar surface area (TPSA) is 39.2 Å². The molecule has 18 heavy (non-hydrogen) atoms. The largest absolute Gasteiger partial charge is 0.462 e. The summed E-state index contributed by atoms with van der Waals surface area (Å²) >= 11 is 3.12. The normalized spacial score (nSPS) is 10.7. The summed E-state index contributed by atoms with van der Waals surface area (Å²) < 4.78 is 31.7. The average Bonchev–Trinajstić information content (AvgIpc) is 2.28. The minimum absolute atomic E-state index is 0.0574. The van der Waals surface area contributed by atoms with E-state index in [-0.39, 0.29) is 27.5 Å². The van der Waals surface area contributed by atoms with Crippen LogP contribution >= 0.6 is 15.9 Å². The predicted molar refractivity (Wildman–Crippen MR) is 65.3 cm³/mol. The lowest BCUT2D eigenvalue weighted by Crippen LogP contribution is -2.07. The van der Waals surface area contributed by atoms with Crippen molar-refractivity contribution in [2.45, 2.75) is 6.92 Å². The molecule has 2 aromatic rings. The maximum Gasteiger partial charge on any atom is 0.340 e. The van der Waals surface area contributed by atoms with E-state index in [0.29, 0.717) is 0 Å². The number of pyridine rings is 1. The fourth-order valence-corrected chi connectivity index (χ4v) is 2.21. The second-order valence-electron chi connectivity index (χ2n) is 3.49. The Labute approximate surface area is 110 Å². The van der Waals surface area contributed by atoms with Crippen molar-refractivity contribution in [1.29, 1.82) is 0 Å². The monoisotopic (exact) mass is 315 g/mol. The van der Waals surface area contributed by atoms with Gasteiger partial charge >= 0.3 is 5.97 Å². The highest BCUT2D eigenvalue weighted by atomic mass is 79.9. The summed E-state index contributed by atoms with van der Waals surface area (Å²) in [6.45, 7) is 1.87. The molecule has 0 unspecified atom stereocenters. The summed E-state index contributed by atoms with van der Waals surface area (Å²) in [5.41, 5.74) is 0.238. The van der Waals surface area contributed by atoms with Crippen LogP contribution in [0.3, 0.4) is 0 Å². The van der Waals surface area contributed by atoms with Crippen LogP contribution in [0.15, 0.2) is 22.8 Å². The number of rotatable bonds is 2. The number of hydrogen-bond acceptors (Lipinski definition) is 3. The summed E-state index contributed by atoms with van der Waals surface area (Å²) in [6.07, 6.45) is 1.23. The Hall–Kier alpha value is -1.56. The van der Waals surface area contributed by atoms with E-state index >= 15 is 0 Å². The average molecular weight is 316 g/mol. The van der Waals surface area contributed by atoms with E-state index in [9.17, 15) is 13.6 Å². The molecule has 0 aliphatic heterocycles. The maximum absolute atomic E-state index is 13.7. The maximum atomic E-state index is 13.7. The summed E-state index contributed by atoms with van der Waals surface area (Å²) in [4.78, 5) is 15.5. The van der Waals surface area contributed by atoms with Crippen molar-refractivity contribution in [3.63, 3.8) is 0 Å². The summed E-state index contributed by atoms with van der Waals surface area (Å²) in [7, 11) is 0. The van der Waals surface area contributed by atoms with Crippen molar-refractivity contribution in [2.75, 3.05) is 6.61 Å². The van der Waals surface area contributed by atoms with Gasteiger partial charge in [-0.05, 0) is 22.9 Å². The molecule has 0 atom stereocenters. The lowest BCUT2D eigenvalue weighted by molar-refractivity contribution is 0.0525. The molecule has 0 aliphatic carbocycles. The van der Waals surface area contributed by atoms with E-state index in [0.717, 1.165) is 12.1 Å². The molecule has 1 aromatic heterocycles. The molecule has 0 bridgehead atoms. The smallest absolute Gasteiger partial charge is 0.340 e. The third-order valence-corrected chi connectivity index (χ3v) is 3.14. The van der Waals surface area contributed by atoms with Gasteiger partial charge in [-0.25, -0.2) is 13.6 Å². The van der Waals surface area contributed by atoms with E-state index in [2.05, 4.69) is 20.9 Å². The highest BCUT2D eigenvalue weighted by Crippen LogP contribution is 2.29. The second-order valence-corrected chi connectivity index (χ2v) is 4.28. The number of hydrogen-bond donors (Lipinski definition) is 0. The lowest BCUT2D eigenvalue weighted by atomic mass is 10.1. The molecule has 1 aromatic carbocycles. The van der Waals surface area contributed by atoms with Crippen LogP contribution in [0.4, 0.5) is 8.78 Å². The van der Waals surface area contributed by atoms with E-state index < -0.39 is 17.6 Å². The van der Waals surface area contributed by atoms with Crippen LogP contribution in [0.1, 0.15) is 17.3 Å². The molecule has 0 N–H and O–H groups in total. The fraction of sp³-hybridized carbons (Fsp3) is 0.167. The van der Waals surface area contributed by atoms with Crippen LogP contribution in [0.2, 0.25) is 0 Å². The predicted octanol–water partition coefficient (Wildman–Crippen LogP) is 3.45. The van der Waals surface area contributed by atoms with Crippen LogP contribution in [-0.4, -0.2) is 17.6 Å². The van der Waals surface area contributed by atoms with Gasteiger partial charge in [0.25, 0.3) is 0 Å². The van der Waals surface area contributed by atoms with Crippen molar-refractivity contribution in [2.24, 2.45) is 0 Å². The molecule has 0 saturated carbocycles. The molecule has 0 spiro atoms. The molecule has 6 heteroatoms. The van der Waals surface area contributed by atoms with Crippen LogP contribution in [0, 0.1) is 11.6 Å². The first-order chi connectivity index (χ1) is 8.54. The fourth-order valence-electron chi connectivity index (χ4n) is 1.56. The van der Waals surface area contributed by atoms with Gasteiger partial charge in [0.1, 0.15) is 11.6 Å². The van der Waals surface area contributed by atoms with Crippen molar-refractivity contribution < 1.29 is 18.3 Å². The number of aromatic nitrogens is 1. The minimum Gasteiger partial charge on any atom is -0.462 e. The number of ether oxygens (including phenoxy) is 1. The highest BCUT2D eigenvalue weighted by Gasteiger charge is 2.17. The van der Waals surface area contributed by atoms with Crippen LogP contribution < -0.4 is 0 Å². The number of carbonyl (C=O) groups excluding carboxylic acids is 1. The lowest BCUT2D eigenvalue weighted by Gasteiger charge is -2.07. The van der Waals surface area contributed by atoms with Crippen molar-refractivity contribution in [1.82, 2.24) is 4.98 Å². The van der Waals surface area contributed by atoms with Crippen molar-refractivity contribution in [3.8, 4) is 0 Å². The molecular formula is C12H8BrF2NO2. The van der Waals surface area contributed by atoms with Gasteiger partial charge in [0.15, 0.2) is 0 Å². The zero-order valence-electron chi connectivity index (χ0n) is 9.34. The SMILES string of the molecule is CCOC(=O)c1cnc2cc(F)cc(F)c2c1Br. The molecule has 3 nitrogen and oxygen atoms in total. The molecule has 0 amide bonds. The summed E-state index contributed by atoms with van der Waals surface area (Å²) in [6, 6.07) is 1.84. The number of carbonyl (C=O) groups is 1. The van der Waals surface area contributed by atoms with E-state index in [1.807, 2.05) is 0 Å². The Kier molecular flexibility index (Phi) is 3.56. The number of benzene rings is 1. The number of nitrogens with zero attached hydrogens (tertiary/aromatic N) is 1. The molecule has 0 fully saturated rings. The van der Waals surface area contributed by atoms with Gasteiger partial charge in [-0.2, -0.15) is 0 Å². The van der Waals surface area contributed by atoms with Gasteiger partial charge in [-0.15, -0.1) is 0 Å². The summed E-state index contributed by atoms with van der Waals surface area (Å²) in [5, 5.41) is 0.0574. The Bertz CT molecular complexity index is 631. The van der Waals surface area contributed by atoms with Crippen molar-refractivity contribution >= 4 is 32.8 Å². The van der Waals surface area contributed by atoms with Crippen LogP contribution in [0.5, 0.6) is 0 Å². The molecule has 0 radical (unpaired) electrons. The highest BCUT2D eigenvalue weighted by molar-refractivity contribution is 9.10. The Morgan fingerprint density at radius 2 is 2.17 bits per heavy atom. The zero-order chi connectivity index (χ0) is 13.3. The zero-order valence-corrected chi connectivity index (χ0v) is 10.9. The van der Waals surface area contributed by atoms with Crippen LogP contribution in [-0.2, 0) is 4.74 Å². The Balaban J connectivity index is 2.67. The molecule has 1 heterocycles. The number of halogens is 3. The first kappa shape index (κ1) is 12.9. The first-order valence-electron chi connectivity index (χ1n) is 5.15. The van der Waals surface area contributed by atoms with Gasteiger partial charge in [0, 0.05) is 22.8 Å². The first-order valence-corrected chi connectivity index (χ1v) is 5.94. The van der Waals surface area contributed by atoms with Crippen LogP contribution in [0.25, 0.3) is 10.9 Å². The van der Waals surface area contributed by atoms with Crippen molar-refractivity contribution in [3.05, 3.63) is 40.0 Å². The summed E-state index contributed by atoms with van der Waals surface area (Å²) in [5.74, 6) is -2.11. The Morgan fingerprint density at radius 3 is 2.83 bits per heavy atom. The molecule has 94 valence electrons. The van der Waals surface area contributed by atoms with E-state index in [1.165, 1.54) is 6.20 Å². The second kappa shape index (κ2) is 4.97. The molecule has 2 rings (SSSR count).